The Morgan fingerprint density at radius 1 is 1.18 bits per heavy atom. The summed E-state index contributed by atoms with van der Waals surface area (Å²) in [5.74, 6) is 0. The van der Waals surface area contributed by atoms with Gasteiger partial charge in [0.1, 0.15) is 0 Å². The molecule has 1 saturated heterocycles. The van der Waals surface area contributed by atoms with E-state index in [1.165, 1.54) is 12.8 Å². The Labute approximate surface area is 67.9 Å². The lowest BCUT2D eigenvalue weighted by molar-refractivity contribution is 0.363. The van der Waals surface area contributed by atoms with Crippen LogP contribution in [0.4, 0.5) is 4.39 Å². The highest BCUT2D eigenvalue weighted by atomic mass is 19.1. The van der Waals surface area contributed by atoms with E-state index in [2.05, 4.69) is 6.92 Å². The molecule has 0 aromatic carbocycles. The smallest absolute Gasteiger partial charge is 0.0894 e. The number of unbranched alkanes of at least 4 members (excludes halogenated alkanes) is 3. The number of alkyl halides is 1. The first-order valence-corrected chi connectivity index (χ1v) is 4.56. The fourth-order valence-electron chi connectivity index (χ4n) is 1.33. The van der Waals surface area contributed by atoms with E-state index >= 15 is 0 Å². The summed E-state index contributed by atoms with van der Waals surface area (Å²) < 4.78 is 16.9. The first kappa shape index (κ1) is 8.98. The van der Waals surface area contributed by atoms with Crippen molar-refractivity contribution in [1.82, 2.24) is 0 Å². The molecule has 0 aromatic heterocycles. The zero-order valence-corrected chi connectivity index (χ0v) is 7.18. The summed E-state index contributed by atoms with van der Waals surface area (Å²) in [7, 11) is 0. The summed E-state index contributed by atoms with van der Waals surface area (Å²) in [5.41, 5.74) is 0. The van der Waals surface area contributed by atoms with Gasteiger partial charge in [0.15, 0.2) is 0 Å². The van der Waals surface area contributed by atoms with Gasteiger partial charge in [-0.15, -0.1) is 0 Å². The van der Waals surface area contributed by atoms with E-state index in [4.69, 9.17) is 4.74 Å². The summed E-state index contributed by atoms with van der Waals surface area (Å²) in [6.07, 6.45) is 6.34. The second-order valence-corrected chi connectivity index (χ2v) is 3.27. The predicted molar refractivity (Wildman–Crippen MR) is 43.4 cm³/mol. The Morgan fingerprint density at radius 3 is 2.36 bits per heavy atom. The molecule has 1 fully saturated rings. The topological polar surface area (TPSA) is 12.5 Å². The molecule has 1 rings (SSSR count). The first-order chi connectivity index (χ1) is 5.34. The van der Waals surface area contributed by atoms with Crippen LogP contribution in [0.25, 0.3) is 0 Å². The Morgan fingerprint density at radius 2 is 1.82 bits per heavy atom. The number of epoxide rings is 1. The average Bonchev–Trinajstić information content (AvgIpc) is 2.67. The third-order valence-electron chi connectivity index (χ3n) is 2.21. The van der Waals surface area contributed by atoms with Crippen molar-refractivity contribution in [3.8, 4) is 0 Å². The summed E-state index contributed by atoms with van der Waals surface area (Å²) in [5, 5.41) is 0. The lowest BCUT2D eigenvalue weighted by Crippen LogP contribution is -1.89. The van der Waals surface area contributed by atoms with E-state index in [0.717, 1.165) is 19.3 Å². The zero-order valence-electron chi connectivity index (χ0n) is 7.18. The van der Waals surface area contributed by atoms with Crippen LogP contribution in [0.1, 0.15) is 39.0 Å². The van der Waals surface area contributed by atoms with E-state index in [-0.39, 0.29) is 6.67 Å². The second kappa shape index (κ2) is 4.70. The molecule has 0 aromatic rings. The summed E-state index contributed by atoms with van der Waals surface area (Å²) in [6.45, 7) is 1.95. The Kier molecular flexibility index (Phi) is 3.84. The van der Waals surface area contributed by atoms with Gasteiger partial charge in [0.2, 0.25) is 0 Å². The van der Waals surface area contributed by atoms with Crippen molar-refractivity contribution < 1.29 is 9.13 Å². The Hall–Kier alpha value is -0.110. The fraction of sp³-hybridized carbons (Fsp3) is 1.00. The number of hydrogen-bond donors (Lipinski definition) is 0. The van der Waals surface area contributed by atoms with Gasteiger partial charge in [-0.05, 0) is 19.8 Å². The van der Waals surface area contributed by atoms with Gasteiger partial charge in [-0.3, -0.25) is 4.39 Å². The van der Waals surface area contributed by atoms with E-state index in [1.807, 2.05) is 0 Å². The highest BCUT2D eigenvalue weighted by Gasteiger charge is 2.32. The normalized spacial score (nSPS) is 28.9. The van der Waals surface area contributed by atoms with Crippen molar-refractivity contribution in [3.05, 3.63) is 0 Å². The molecule has 1 aliphatic heterocycles. The maximum Gasteiger partial charge on any atom is 0.0894 e. The van der Waals surface area contributed by atoms with E-state index in [0.29, 0.717) is 12.2 Å². The summed E-state index contributed by atoms with van der Waals surface area (Å²) in [4.78, 5) is 0. The van der Waals surface area contributed by atoms with E-state index in [1.54, 1.807) is 0 Å². The van der Waals surface area contributed by atoms with Gasteiger partial charge in [0, 0.05) is 0 Å². The van der Waals surface area contributed by atoms with Crippen LogP contribution < -0.4 is 0 Å². The minimum absolute atomic E-state index is 0.156. The van der Waals surface area contributed by atoms with Gasteiger partial charge in [-0.25, -0.2) is 0 Å². The second-order valence-electron chi connectivity index (χ2n) is 3.27. The summed E-state index contributed by atoms with van der Waals surface area (Å²) in [6, 6.07) is 0. The molecule has 1 nitrogen and oxygen atoms in total. The van der Waals surface area contributed by atoms with Gasteiger partial charge >= 0.3 is 0 Å². The Bertz CT molecular complexity index is 106. The molecule has 2 unspecified atom stereocenters. The van der Waals surface area contributed by atoms with E-state index in [9.17, 15) is 4.39 Å². The quantitative estimate of drug-likeness (QED) is 0.430. The first-order valence-electron chi connectivity index (χ1n) is 4.56. The molecule has 2 atom stereocenters. The van der Waals surface area contributed by atoms with Gasteiger partial charge in [0.05, 0.1) is 18.9 Å². The minimum atomic E-state index is -0.156. The fourth-order valence-corrected chi connectivity index (χ4v) is 1.33. The van der Waals surface area contributed by atoms with Crippen LogP contribution in [0.5, 0.6) is 0 Å². The maximum absolute atomic E-state index is 11.6. The SMILES string of the molecule is CC1OC1CCCCCCF. The molecular weight excluding hydrogens is 143 g/mol. The largest absolute Gasteiger partial charge is 0.370 e. The van der Waals surface area contributed by atoms with Gasteiger partial charge in [0.25, 0.3) is 0 Å². The van der Waals surface area contributed by atoms with Crippen LogP contribution in [0.15, 0.2) is 0 Å². The molecule has 0 bridgehead atoms. The average molecular weight is 160 g/mol. The molecule has 0 aliphatic carbocycles. The number of rotatable bonds is 6. The summed E-state index contributed by atoms with van der Waals surface area (Å²) >= 11 is 0. The molecule has 66 valence electrons. The number of halogens is 1. The van der Waals surface area contributed by atoms with Gasteiger partial charge in [-0.1, -0.05) is 19.3 Å². The van der Waals surface area contributed by atoms with Crippen molar-refractivity contribution in [3.63, 3.8) is 0 Å². The van der Waals surface area contributed by atoms with Gasteiger partial charge in [-0.2, -0.15) is 0 Å². The molecule has 0 amide bonds. The molecule has 0 radical (unpaired) electrons. The van der Waals surface area contributed by atoms with Crippen LogP contribution in [-0.2, 0) is 4.74 Å². The molecular formula is C9H17FO. The molecule has 0 saturated carbocycles. The van der Waals surface area contributed by atoms with Gasteiger partial charge < -0.3 is 4.74 Å². The van der Waals surface area contributed by atoms with Crippen LogP contribution in [0.2, 0.25) is 0 Å². The Balaban J connectivity index is 1.74. The van der Waals surface area contributed by atoms with Crippen molar-refractivity contribution in [2.45, 2.75) is 51.2 Å². The third kappa shape index (κ3) is 3.71. The van der Waals surface area contributed by atoms with Crippen LogP contribution in [0, 0.1) is 0 Å². The van der Waals surface area contributed by atoms with Crippen molar-refractivity contribution in [2.24, 2.45) is 0 Å². The standard InChI is InChI=1S/C9H17FO/c1-8-9(11-8)6-4-2-3-5-7-10/h8-9H,2-7H2,1H3. The number of hydrogen-bond acceptors (Lipinski definition) is 1. The minimum Gasteiger partial charge on any atom is -0.370 e. The van der Waals surface area contributed by atoms with E-state index < -0.39 is 0 Å². The lowest BCUT2D eigenvalue weighted by Gasteiger charge is -1.95. The highest BCUT2D eigenvalue weighted by Crippen LogP contribution is 2.26. The van der Waals surface area contributed by atoms with Crippen molar-refractivity contribution in [1.29, 1.82) is 0 Å². The monoisotopic (exact) mass is 160 g/mol. The van der Waals surface area contributed by atoms with Crippen LogP contribution in [0.3, 0.4) is 0 Å². The van der Waals surface area contributed by atoms with Crippen LogP contribution in [-0.4, -0.2) is 18.9 Å². The third-order valence-corrected chi connectivity index (χ3v) is 2.21. The molecule has 11 heavy (non-hydrogen) atoms. The number of ether oxygens (including phenoxy) is 1. The zero-order chi connectivity index (χ0) is 8.10. The van der Waals surface area contributed by atoms with Crippen molar-refractivity contribution >= 4 is 0 Å². The molecule has 1 aliphatic rings. The molecule has 0 N–H and O–H groups in total. The maximum atomic E-state index is 11.6. The van der Waals surface area contributed by atoms with Crippen LogP contribution >= 0.6 is 0 Å². The molecule has 2 heteroatoms. The predicted octanol–water partition coefficient (Wildman–Crippen LogP) is 2.69. The van der Waals surface area contributed by atoms with Crippen molar-refractivity contribution in [2.75, 3.05) is 6.67 Å². The molecule has 1 heterocycles. The molecule has 0 spiro atoms. The lowest BCUT2D eigenvalue weighted by atomic mass is 10.1. The highest BCUT2D eigenvalue weighted by molar-refractivity contribution is 4.79.